The average molecular weight is 433 g/mol. The molecule has 0 radical (unpaired) electrons. The van der Waals surface area contributed by atoms with Gasteiger partial charge in [0.05, 0.1) is 5.41 Å². The van der Waals surface area contributed by atoms with Crippen molar-refractivity contribution in [2.75, 3.05) is 0 Å². The smallest absolute Gasteiger partial charge is 0.143 e. The molecule has 1 rings (SSSR count). The Morgan fingerprint density at radius 1 is 0.548 bits per heavy atom. The number of Topliss-reactive ketones (excluding diaryl/α,β-unsaturated/α-hetero) is 1. The highest BCUT2D eigenvalue weighted by Gasteiger charge is 2.51. The maximum Gasteiger partial charge on any atom is 0.143 e. The third kappa shape index (κ3) is 7.46. The average Bonchev–Trinajstić information content (AvgIpc) is 2.78. The van der Waals surface area contributed by atoms with Gasteiger partial charge in [-0.1, -0.05) is 117 Å². The molecule has 0 bridgehead atoms. The normalized spacial score (nSPS) is 18.1. The van der Waals surface area contributed by atoms with Crippen LogP contribution in [0.2, 0.25) is 0 Å². The molecule has 0 aromatic rings. The minimum Gasteiger partial charge on any atom is -0.299 e. The lowest BCUT2D eigenvalue weighted by Crippen LogP contribution is -2.45. The lowest BCUT2D eigenvalue weighted by Gasteiger charge is -2.50. The van der Waals surface area contributed by atoms with Crippen LogP contribution in [0, 0.1) is 10.8 Å². The SMILES string of the molecule is CCCCC1=C(CCCC)C(CCCC)(CCCC)C(=O)CC1(CCCC)CCCC. The molecule has 31 heavy (non-hydrogen) atoms. The van der Waals surface area contributed by atoms with Crippen LogP contribution in [0.15, 0.2) is 11.1 Å². The highest BCUT2D eigenvalue weighted by molar-refractivity contribution is 5.91. The Balaban J connectivity index is 3.70. The van der Waals surface area contributed by atoms with Crippen LogP contribution in [0.1, 0.15) is 164 Å². The van der Waals surface area contributed by atoms with Crippen LogP contribution in [0.3, 0.4) is 0 Å². The number of ketones is 1. The van der Waals surface area contributed by atoms with Gasteiger partial charge in [0, 0.05) is 6.42 Å². The number of allylic oxidation sites excluding steroid dienone is 2. The lowest BCUT2D eigenvalue weighted by atomic mass is 9.53. The maximum absolute atomic E-state index is 14.2. The molecule has 0 aromatic heterocycles. The van der Waals surface area contributed by atoms with Crippen molar-refractivity contribution >= 4 is 5.78 Å². The zero-order valence-electron chi connectivity index (χ0n) is 22.3. The van der Waals surface area contributed by atoms with E-state index in [1.54, 1.807) is 11.1 Å². The molecule has 0 amide bonds. The maximum atomic E-state index is 14.2. The van der Waals surface area contributed by atoms with Gasteiger partial charge in [0.1, 0.15) is 5.78 Å². The third-order valence-electron chi connectivity index (χ3n) is 8.11. The topological polar surface area (TPSA) is 17.1 Å². The van der Waals surface area contributed by atoms with Crippen molar-refractivity contribution in [1.82, 2.24) is 0 Å². The molecule has 1 aliphatic carbocycles. The highest BCUT2D eigenvalue weighted by Crippen LogP contribution is 2.58. The second-order valence-electron chi connectivity index (χ2n) is 10.5. The minimum absolute atomic E-state index is 0.133. The summed E-state index contributed by atoms with van der Waals surface area (Å²) in [6, 6.07) is 0. The summed E-state index contributed by atoms with van der Waals surface area (Å²) in [5.41, 5.74) is 3.49. The zero-order valence-corrected chi connectivity index (χ0v) is 22.3. The molecule has 0 saturated carbocycles. The molecular formula is C30H56O. The van der Waals surface area contributed by atoms with E-state index in [0.29, 0.717) is 5.78 Å². The van der Waals surface area contributed by atoms with Crippen molar-refractivity contribution in [2.24, 2.45) is 10.8 Å². The number of hydrogen-bond donors (Lipinski definition) is 0. The Kier molecular flexibility index (Phi) is 14.0. The second kappa shape index (κ2) is 15.3. The van der Waals surface area contributed by atoms with Crippen molar-refractivity contribution < 1.29 is 4.79 Å². The van der Waals surface area contributed by atoms with Gasteiger partial charge in [0.25, 0.3) is 0 Å². The third-order valence-corrected chi connectivity index (χ3v) is 8.11. The monoisotopic (exact) mass is 432 g/mol. The number of hydrogen-bond acceptors (Lipinski definition) is 1. The van der Waals surface area contributed by atoms with Crippen molar-refractivity contribution in [3.63, 3.8) is 0 Å². The summed E-state index contributed by atoms with van der Waals surface area (Å²) in [5.74, 6) is 0.632. The van der Waals surface area contributed by atoms with E-state index in [0.717, 1.165) is 19.3 Å². The standard InChI is InChI=1S/C30H56O/c1-7-13-19-26-27(20-14-8-2)30(23-17-11-5,24-18-12-6)28(31)25-29(26,21-15-9-3)22-16-10-4/h7-25H2,1-6H3. The molecule has 0 atom stereocenters. The van der Waals surface area contributed by atoms with Crippen LogP contribution in [-0.4, -0.2) is 5.78 Å². The van der Waals surface area contributed by atoms with E-state index >= 15 is 0 Å². The van der Waals surface area contributed by atoms with E-state index < -0.39 is 0 Å². The van der Waals surface area contributed by atoms with Crippen LogP contribution in [0.5, 0.6) is 0 Å². The van der Waals surface area contributed by atoms with Crippen molar-refractivity contribution in [1.29, 1.82) is 0 Å². The minimum atomic E-state index is -0.133. The number of unbranched alkanes of at least 4 members (excludes halogenated alkanes) is 6. The Bertz CT molecular complexity index is 511. The number of rotatable bonds is 18. The van der Waals surface area contributed by atoms with Crippen molar-refractivity contribution in [3.8, 4) is 0 Å². The second-order valence-corrected chi connectivity index (χ2v) is 10.5. The molecule has 0 saturated heterocycles. The van der Waals surface area contributed by atoms with Gasteiger partial charge in [0.2, 0.25) is 0 Å². The van der Waals surface area contributed by atoms with Gasteiger partial charge < -0.3 is 0 Å². The first-order valence-corrected chi connectivity index (χ1v) is 14.3. The largest absolute Gasteiger partial charge is 0.299 e. The molecule has 1 heteroatoms. The summed E-state index contributed by atoms with van der Waals surface area (Å²) in [5, 5.41) is 0. The van der Waals surface area contributed by atoms with Gasteiger partial charge >= 0.3 is 0 Å². The van der Waals surface area contributed by atoms with Crippen LogP contribution in [0.4, 0.5) is 0 Å². The molecular weight excluding hydrogens is 376 g/mol. The van der Waals surface area contributed by atoms with E-state index in [4.69, 9.17) is 0 Å². The van der Waals surface area contributed by atoms with Crippen molar-refractivity contribution in [2.45, 2.75) is 164 Å². The fourth-order valence-corrected chi connectivity index (χ4v) is 6.17. The zero-order chi connectivity index (χ0) is 23.2. The molecule has 1 aliphatic rings. The Morgan fingerprint density at radius 3 is 1.35 bits per heavy atom. The number of carbonyl (C=O) groups excluding carboxylic acids is 1. The number of carbonyl (C=O) groups is 1. The van der Waals surface area contributed by atoms with Gasteiger partial charge in [-0.2, -0.15) is 0 Å². The fraction of sp³-hybridized carbons (Fsp3) is 0.900. The van der Waals surface area contributed by atoms with Crippen molar-refractivity contribution in [3.05, 3.63) is 11.1 Å². The molecule has 0 fully saturated rings. The Labute approximate surface area is 196 Å². The summed E-state index contributed by atoms with van der Waals surface area (Å²) in [7, 11) is 0. The summed E-state index contributed by atoms with van der Waals surface area (Å²) in [6.07, 6.45) is 22.8. The first kappa shape index (κ1) is 28.4. The summed E-state index contributed by atoms with van der Waals surface area (Å²) < 4.78 is 0. The molecule has 182 valence electrons. The van der Waals surface area contributed by atoms with Crippen LogP contribution >= 0.6 is 0 Å². The molecule has 0 heterocycles. The molecule has 1 nitrogen and oxygen atoms in total. The predicted molar refractivity (Wildman–Crippen MR) is 139 cm³/mol. The predicted octanol–water partition coefficient (Wildman–Crippen LogP) is 10.4. The van der Waals surface area contributed by atoms with Crippen LogP contribution < -0.4 is 0 Å². The molecule has 0 aliphatic heterocycles. The van der Waals surface area contributed by atoms with E-state index in [2.05, 4.69) is 41.5 Å². The lowest BCUT2D eigenvalue weighted by molar-refractivity contribution is -0.131. The van der Waals surface area contributed by atoms with Crippen LogP contribution in [0.25, 0.3) is 0 Å². The van der Waals surface area contributed by atoms with E-state index in [-0.39, 0.29) is 10.8 Å². The first-order valence-electron chi connectivity index (χ1n) is 14.3. The summed E-state index contributed by atoms with van der Waals surface area (Å²) in [6.45, 7) is 13.9. The first-order chi connectivity index (χ1) is 15.0. The molecule has 0 aromatic carbocycles. The summed E-state index contributed by atoms with van der Waals surface area (Å²) >= 11 is 0. The van der Waals surface area contributed by atoms with E-state index in [1.165, 1.54) is 103 Å². The molecule has 0 spiro atoms. The molecule has 0 unspecified atom stereocenters. The quantitative estimate of drug-likeness (QED) is 0.197. The van der Waals surface area contributed by atoms with Gasteiger partial charge in [-0.05, 0) is 56.8 Å². The van der Waals surface area contributed by atoms with Gasteiger partial charge in [-0.15, -0.1) is 0 Å². The fourth-order valence-electron chi connectivity index (χ4n) is 6.17. The van der Waals surface area contributed by atoms with Gasteiger partial charge in [-0.3, -0.25) is 4.79 Å². The molecule has 0 N–H and O–H groups in total. The van der Waals surface area contributed by atoms with Gasteiger partial charge in [-0.25, -0.2) is 0 Å². The van der Waals surface area contributed by atoms with E-state index in [1.807, 2.05) is 0 Å². The Morgan fingerprint density at radius 2 is 0.935 bits per heavy atom. The Hall–Kier alpha value is -0.590. The van der Waals surface area contributed by atoms with Crippen LogP contribution in [-0.2, 0) is 4.79 Å². The van der Waals surface area contributed by atoms with E-state index in [9.17, 15) is 4.79 Å². The highest BCUT2D eigenvalue weighted by atomic mass is 16.1. The van der Waals surface area contributed by atoms with Gasteiger partial charge in [0.15, 0.2) is 0 Å². The summed E-state index contributed by atoms with van der Waals surface area (Å²) in [4.78, 5) is 14.2.